The van der Waals surface area contributed by atoms with Gasteiger partial charge in [-0.15, -0.1) is 0 Å². The number of ether oxygens (including phenoxy) is 3. The molecule has 8 heteroatoms. The van der Waals surface area contributed by atoms with Gasteiger partial charge in [-0.3, -0.25) is 9.59 Å². The summed E-state index contributed by atoms with van der Waals surface area (Å²) in [5.41, 5.74) is 1.11. The fourth-order valence-corrected chi connectivity index (χ4v) is 3.40. The van der Waals surface area contributed by atoms with E-state index in [-0.39, 0.29) is 25.0 Å². The minimum absolute atomic E-state index is 0.00537. The van der Waals surface area contributed by atoms with E-state index < -0.39 is 24.6 Å². The SMILES string of the molecule is C[C@@H]1CC(=O)Nc2ccccc2N1C(=O)COC(=O)[C@@H]1COc2ccccc2O1. The van der Waals surface area contributed by atoms with E-state index in [4.69, 9.17) is 14.2 Å². The lowest BCUT2D eigenvalue weighted by molar-refractivity contribution is -0.157. The predicted octanol–water partition coefficient (Wildman–Crippen LogP) is 2.13. The molecule has 0 unspecified atom stereocenters. The quantitative estimate of drug-likeness (QED) is 0.799. The molecule has 2 amide bonds. The van der Waals surface area contributed by atoms with E-state index in [0.717, 1.165) is 0 Å². The van der Waals surface area contributed by atoms with Crippen molar-refractivity contribution in [3.8, 4) is 11.5 Å². The first-order valence-electron chi connectivity index (χ1n) is 9.29. The highest BCUT2D eigenvalue weighted by atomic mass is 16.6. The first-order chi connectivity index (χ1) is 14.0. The highest BCUT2D eigenvalue weighted by molar-refractivity contribution is 6.05. The molecule has 0 fully saturated rings. The minimum atomic E-state index is -0.949. The Bertz CT molecular complexity index is 960. The van der Waals surface area contributed by atoms with Crippen LogP contribution in [0, 0.1) is 0 Å². The van der Waals surface area contributed by atoms with Gasteiger partial charge in [0.05, 0.1) is 11.4 Å². The van der Waals surface area contributed by atoms with Gasteiger partial charge in [-0.05, 0) is 31.2 Å². The summed E-state index contributed by atoms with van der Waals surface area (Å²) in [5, 5.41) is 2.79. The number of fused-ring (bicyclic) bond motifs is 2. The van der Waals surface area contributed by atoms with Crippen molar-refractivity contribution in [3.05, 3.63) is 48.5 Å². The molecular formula is C21H20N2O6. The number of nitrogens with one attached hydrogen (secondary N) is 1. The summed E-state index contributed by atoms with van der Waals surface area (Å²) in [6.07, 6.45) is -0.806. The van der Waals surface area contributed by atoms with Crippen LogP contribution < -0.4 is 19.7 Å². The zero-order valence-electron chi connectivity index (χ0n) is 15.8. The molecule has 2 aromatic carbocycles. The van der Waals surface area contributed by atoms with Gasteiger partial charge < -0.3 is 24.4 Å². The second kappa shape index (κ2) is 7.83. The molecule has 2 heterocycles. The summed E-state index contributed by atoms with van der Waals surface area (Å²) in [6.45, 7) is 1.31. The normalized spacial score (nSPS) is 20.2. The molecule has 2 aliphatic heterocycles. The van der Waals surface area contributed by atoms with Gasteiger partial charge in [-0.2, -0.15) is 0 Å². The van der Waals surface area contributed by atoms with Crippen LogP contribution in [-0.4, -0.2) is 43.1 Å². The third kappa shape index (κ3) is 3.87. The third-order valence-corrected chi connectivity index (χ3v) is 4.74. The molecule has 0 aromatic heterocycles. The van der Waals surface area contributed by atoms with Crippen molar-refractivity contribution in [1.29, 1.82) is 0 Å². The van der Waals surface area contributed by atoms with Crippen LogP contribution in [-0.2, 0) is 19.1 Å². The number of carbonyl (C=O) groups excluding carboxylic acids is 3. The molecule has 4 rings (SSSR count). The third-order valence-electron chi connectivity index (χ3n) is 4.74. The molecule has 1 N–H and O–H groups in total. The maximum absolute atomic E-state index is 12.9. The number of carbonyl (C=O) groups is 3. The summed E-state index contributed by atoms with van der Waals surface area (Å²) in [7, 11) is 0. The van der Waals surface area contributed by atoms with Crippen LogP contribution in [0.4, 0.5) is 11.4 Å². The summed E-state index contributed by atoms with van der Waals surface area (Å²) < 4.78 is 16.3. The number of amides is 2. The van der Waals surface area contributed by atoms with E-state index in [2.05, 4.69) is 5.32 Å². The molecule has 29 heavy (non-hydrogen) atoms. The summed E-state index contributed by atoms with van der Waals surface area (Å²) in [5.74, 6) is -0.278. The first-order valence-corrected chi connectivity index (χ1v) is 9.29. The lowest BCUT2D eigenvalue weighted by Gasteiger charge is -2.28. The van der Waals surface area contributed by atoms with Gasteiger partial charge in [0.25, 0.3) is 5.91 Å². The Kier molecular flexibility index (Phi) is 5.07. The zero-order valence-corrected chi connectivity index (χ0v) is 15.8. The number of hydrogen-bond acceptors (Lipinski definition) is 6. The van der Waals surface area contributed by atoms with Crippen molar-refractivity contribution in [2.24, 2.45) is 0 Å². The summed E-state index contributed by atoms with van der Waals surface area (Å²) in [4.78, 5) is 38.7. The van der Waals surface area contributed by atoms with Crippen LogP contribution in [0.5, 0.6) is 11.5 Å². The van der Waals surface area contributed by atoms with Crippen molar-refractivity contribution in [2.75, 3.05) is 23.4 Å². The van der Waals surface area contributed by atoms with E-state index in [9.17, 15) is 14.4 Å². The molecule has 150 valence electrons. The number of benzene rings is 2. The second-order valence-corrected chi connectivity index (χ2v) is 6.85. The zero-order chi connectivity index (χ0) is 20.4. The smallest absolute Gasteiger partial charge is 0.351 e. The highest BCUT2D eigenvalue weighted by Crippen LogP contribution is 2.32. The lowest BCUT2D eigenvalue weighted by atomic mass is 10.1. The van der Waals surface area contributed by atoms with E-state index >= 15 is 0 Å². The summed E-state index contributed by atoms with van der Waals surface area (Å²) >= 11 is 0. The van der Waals surface area contributed by atoms with Crippen molar-refractivity contribution in [3.63, 3.8) is 0 Å². The maximum Gasteiger partial charge on any atom is 0.351 e. The Labute approximate surface area is 167 Å². The second-order valence-electron chi connectivity index (χ2n) is 6.85. The largest absolute Gasteiger partial charge is 0.485 e. The number of hydrogen-bond donors (Lipinski definition) is 1. The van der Waals surface area contributed by atoms with Crippen LogP contribution in [0.3, 0.4) is 0 Å². The van der Waals surface area contributed by atoms with Gasteiger partial charge in [0.1, 0.15) is 6.61 Å². The maximum atomic E-state index is 12.9. The average Bonchev–Trinajstić information content (AvgIpc) is 2.85. The van der Waals surface area contributed by atoms with Gasteiger partial charge in [0, 0.05) is 12.5 Å². The van der Waals surface area contributed by atoms with E-state index in [1.54, 1.807) is 55.5 Å². The van der Waals surface area contributed by atoms with Crippen LogP contribution >= 0.6 is 0 Å². The van der Waals surface area contributed by atoms with Gasteiger partial charge in [-0.25, -0.2) is 4.79 Å². The van der Waals surface area contributed by atoms with E-state index in [0.29, 0.717) is 22.9 Å². The van der Waals surface area contributed by atoms with Crippen molar-refractivity contribution in [2.45, 2.75) is 25.5 Å². The molecule has 2 aromatic rings. The monoisotopic (exact) mass is 396 g/mol. The first kappa shape index (κ1) is 18.8. The molecular weight excluding hydrogens is 376 g/mol. The fraction of sp³-hybridized carbons (Fsp3) is 0.286. The van der Waals surface area contributed by atoms with Crippen LogP contribution in [0.15, 0.2) is 48.5 Å². The van der Waals surface area contributed by atoms with Crippen LogP contribution in [0.2, 0.25) is 0 Å². The summed E-state index contributed by atoms with van der Waals surface area (Å²) in [6, 6.07) is 13.6. The molecule has 2 atom stereocenters. The lowest BCUT2D eigenvalue weighted by Crippen LogP contribution is -2.43. The van der Waals surface area contributed by atoms with E-state index in [1.165, 1.54) is 4.90 Å². The molecule has 0 spiro atoms. The Balaban J connectivity index is 1.43. The predicted molar refractivity (Wildman–Crippen MR) is 104 cm³/mol. The Morgan fingerprint density at radius 2 is 1.86 bits per heavy atom. The molecule has 0 aliphatic carbocycles. The van der Waals surface area contributed by atoms with Crippen LogP contribution in [0.1, 0.15) is 13.3 Å². The number of anilines is 2. The van der Waals surface area contributed by atoms with E-state index in [1.807, 2.05) is 0 Å². The average molecular weight is 396 g/mol. The van der Waals surface area contributed by atoms with Crippen LogP contribution in [0.25, 0.3) is 0 Å². The topological polar surface area (TPSA) is 94.2 Å². The number of para-hydroxylation sites is 4. The number of esters is 1. The Hall–Kier alpha value is -3.55. The molecule has 8 nitrogen and oxygen atoms in total. The van der Waals surface area contributed by atoms with Gasteiger partial charge in [0.2, 0.25) is 12.0 Å². The van der Waals surface area contributed by atoms with Crippen molar-refractivity contribution >= 4 is 29.2 Å². The number of nitrogens with zero attached hydrogens (tertiary/aromatic N) is 1. The standard InChI is InChI=1S/C21H20N2O6/c1-13-10-19(24)22-14-6-2-3-7-15(14)23(13)20(25)12-28-21(26)18-11-27-16-8-4-5-9-17(16)29-18/h2-9,13,18H,10-12H2,1H3,(H,22,24)/t13-,18+/m1/s1. The molecule has 0 saturated carbocycles. The highest BCUT2D eigenvalue weighted by Gasteiger charge is 2.32. The molecule has 0 bridgehead atoms. The fourth-order valence-electron chi connectivity index (χ4n) is 3.40. The van der Waals surface area contributed by atoms with Gasteiger partial charge in [-0.1, -0.05) is 24.3 Å². The van der Waals surface area contributed by atoms with Gasteiger partial charge >= 0.3 is 5.97 Å². The molecule has 2 aliphatic rings. The molecule has 0 radical (unpaired) electrons. The van der Waals surface area contributed by atoms with Crippen molar-refractivity contribution < 1.29 is 28.6 Å². The Morgan fingerprint density at radius 1 is 1.14 bits per heavy atom. The molecule has 0 saturated heterocycles. The van der Waals surface area contributed by atoms with Gasteiger partial charge in [0.15, 0.2) is 18.1 Å². The minimum Gasteiger partial charge on any atom is -0.485 e. The van der Waals surface area contributed by atoms with Crippen molar-refractivity contribution in [1.82, 2.24) is 0 Å². The Morgan fingerprint density at radius 3 is 2.69 bits per heavy atom. The number of rotatable bonds is 3.